The largest absolute Gasteiger partial charge is 0.469 e. The number of rotatable bonds is 10. The predicted octanol–water partition coefficient (Wildman–Crippen LogP) is 4.10. The highest BCUT2D eigenvalue weighted by Gasteiger charge is 2.27. The smallest absolute Gasteiger partial charge is 0.305 e. The minimum absolute atomic E-state index is 0.0514. The van der Waals surface area contributed by atoms with Gasteiger partial charge < -0.3 is 4.74 Å². The van der Waals surface area contributed by atoms with Crippen molar-refractivity contribution in [1.82, 2.24) is 19.3 Å². The van der Waals surface area contributed by atoms with Crippen molar-refractivity contribution in [1.29, 1.82) is 0 Å². The SMILES string of the molecule is COC(=O)CCc1cccc(CN(Cc2ccc(-c3cnccn3)cc2)S(=O)(=O)c2nccs2)c1. The van der Waals surface area contributed by atoms with E-state index in [0.29, 0.717) is 6.42 Å². The Kier molecular flexibility index (Phi) is 7.96. The number of hydrogen-bond acceptors (Lipinski definition) is 8. The second kappa shape index (κ2) is 11.3. The lowest BCUT2D eigenvalue weighted by Crippen LogP contribution is -2.30. The first-order valence-electron chi connectivity index (χ1n) is 10.9. The Hall–Kier alpha value is -3.47. The fourth-order valence-corrected chi connectivity index (χ4v) is 5.92. The molecule has 0 spiro atoms. The number of nitrogens with zero attached hydrogens (tertiary/aromatic N) is 4. The molecule has 2 aromatic heterocycles. The molecule has 2 heterocycles. The van der Waals surface area contributed by atoms with Crippen LogP contribution in [-0.4, -0.2) is 40.8 Å². The van der Waals surface area contributed by atoms with Gasteiger partial charge in [-0.05, 0) is 23.1 Å². The summed E-state index contributed by atoms with van der Waals surface area (Å²) in [4.78, 5) is 23.9. The number of methoxy groups -OCH3 is 1. The van der Waals surface area contributed by atoms with Crippen LogP contribution < -0.4 is 0 Å². The molecule has 0 aliphatic carbocycles. The first kappa shape index (κ1) is 24.6. The van der Waals surface area contributed by atoms with Crippen molar-refractivity contribution in [3.63, 3.8) is 0 Å². The molecule has 0 aliphatic heterocycles. The van der Waals surface area contributed by atoms with Gasteiger partial charge in [-0.1, -0.05) is 48.5 Å². The number of benzene rings is 2. The van der Waals surface area contributed by atoms with Gasteiger partial charge in [0.25, 0.3) is 10.0 Å². The number of ether oxygens (including phenoxy) is 1. The summed E-state index contributed by atoms with van der Waals surface area (Å²) < 4.78 is 33.0. The van der Waals surface area contributed by atoms with E-state index in [0.717, 1.165) is 39.3 Å². The zero-order valence-electron chi connectivity index (χ0n) is 19.1. The highest BCUT2D eigenvalue weighted by Crippen LogP contribution is 2.24. The lowest BCUT2D eigenvalue weighted by molar-refractivity contribution is -0.140. The Morgan fingerprint density at radius 1 is 0.971 bits per heavy atom. The Morgan fingerprint density at radius 2 is 1.74 bits per heavy atom. The first-order valence-corrected chi connectivity index (χ1v) is 13.2. The molecule has 0 amide bonds. The molecular weight excluding hydrogens is 484 g/mol. The lowest BCUT2D eigenvalue weighted by Gasteiger charge is -2.21. The summed E-state index contributed by atoms with van der Waals surface area (Å²) in [5, 5.41) is 1.65. The van der Waals surface area contributed by atoms with Crippen molar-refractivity contribution in [3.8, 4) is 11.3 Å². The van der Waals surface area contributed by atoms with Gasteiger partial charge in [0.2, 0.25) is 4.34 Å². The van der Waals surface area contributed by atoms with Gasteiger partial charge >= 0.3 is 5.97 Å². The summed E-state index contributed by atoms with van der Waals surface area (Å²) in [7, 11) is -2.45. The third kappa shape index (κ3) is 6.36. The van der Waals surface area contributed by atoms with Crippen LogP contribution in [0.25, 0.3) is 11.3 Å². The maximum absolute atomic E-state index is 13.4. The van der Waals surface area contributed by atoms with Gasteiger partial charge in [-0.3, -0.25) is 14.8 Å². The van der Waals surface area contributed by atoms with Crippen LogP contribution in [0.3, 0.4) is 0 Å². The van der Waals surface area contributed by atoms with Gasteiger partial charge in [0.05, 0.1) is 19.0 Å². The van der Waals surface area contributed by atoms with Crippen LogP contribution in [0.2, 0.25) is 0 Å². The molecule has 0 N–H and O–H groups in total. The molecule has 180 valence electrons. The van der Waals surface area contributed by atoms with E-state index in [1.54, 1.807) is 24.0 Å². The van der Waals surface area contributed by atoms with Gasteiger partial charge in [0.15, 0.2) is 0 Å². The van der Waals surface area contributed by atoms with Gasteiger partial charge in [0, 0.05) is 49.0 Å². The molecule has 0 atom stereocenters. The zero-order chi connectivity index (χ0) is 24.7. The summed E-state index contributed by atoms with van der Waals surface area (Å²) in [5.41, 5.74) is 4.24. The van der Waals surface area contributed by atoms with Crippen LogP contribution in [0.1, 0.15) is 23.1 Å². The minimum atomic E-state index is -3.81. The summed E-state index contributed by atoms with van der Waals surface area (Å²) in [6, 6.07) is 15.2. The average molecular weight is 509 g/mol. The van der Waals surface area contributed by atoms with Crippen LogP contribution in [0.4, 0.5) is 0 Å². The van der Waals surface area contributed by atoms with Crippen LogP contribution in [0, 0.1) is 0 Å². The maximum Gasteiger partial charge on any atom is 0.305 e. The molecule has 0 fully saturated rings. The van der Waals surface area contributed by atoms with Crippen molar-refractivity contribution in [2.45, 2.75) is 30.3 Å². The number of aryl methyl sites for hydroxylation is 1. The van der Waals surface area contributed by atoms with Crippen molar-refractivity contribution < 1.29 is 17.9 Å². The number of carbonyl (C=O) groups is 1. The standard InChI is InChI=1S/C25H24N4O4S2/c1-33-24(30)10-7-19-3-2-4-21(15-19)18-29(35(31,32)25-28-13-14-34-25)17-20-5-8-22(9-6-20)23-16-26-11-12-27-23/h2-6,8-9,11-16H,7,10,17-18H2,1H3. The van der Waals surface area contributed by atoms with Crippen molar-refractivity contribution >= 4 is 27.3 Å². The normalized spacial score (nSPS) is 11.5. The van der Waals surface area contributed by atoms with Gasteiger partial charge in [-0.15, -0.1) is 11.3 Å². The Labute approximate surface area is 208 Å². The number of thiazole rings is 1. The maximum atomic E-state index is 13.4. The summed E-state index contributed by atoms with van der Waals surface area (Å²) in [5.74, 6) is -0.284. The molecule has 4 aromatic rings. The second-order valence-electron chi connectivity index (χ2n) is 7.75. The highest BCUT2D eigenvalue weighted by molar-refractivity contribution is 7.91. The van der Waals surface area contributed by atoms with Crippen LogP contribution in [0.15, 0.2) is 83.0 Å². The molecule has 4 rings (SSSR count). The van der Waals surface area contributed by atoms with Crippen LogP contribution in [-0.2, 0) is 39.1 Å². The number of aromatic nitrogens is 3. The van der Waals surface area contributed by atoms with Gasteiger partial charge in [-0.25, -0.2) is 13.4 Å². The fraction of sp³-hybridized carbons (Fsp3) is 0.200. The summed E-state index contributed by atoms with van der Waals surface area (Å²) in [6.07, 6.45) is 7.19. The molecule has 0 bridgehead atoms. The van der Waals surface area contributed by atoms with E-state index in [1.807, 2.05) is 48.5 Å². The molecule has 0 saturated heterocycles. The van der Waals surface area contributed by atoms with E-state index in [-0.39, 0.29) is 29.8 Å². The lowest BCUT2D eigenvalue weighted by atomic mass is 10.1. The third-order valence-electron chi connectivity index (χ3n) is 5.34. The average Bonchev–Trinajstić information content (AvgIpc) is 3.44. The van der Waals surface area contributed by atoms with Gasteiger partial charge in [0.1, 0.15) is 0 Å². The Morgan fingerprint density at radius 3 is 2.43 bits per heavy atom. The van der Waals surface area contributed by atoms with Crippen LogP contribution >= 0.6 is 11.3 Å². The molecule has 35 heavy (non-hydrogen) atoms. The summed E-state index contributed by atoms with van der Waals surface area (Å²) in [6.45, 7) is 0.342. The molecule has 10 heteroatoms. The molecular formula is C25H24N4O4S2. The van der Waals surface area contributed by atoms with E-state index in [1.165, 1.54) is 17.6 Å². The molecule has 8 nitrogen and oxygen atoms in total. The van der Waals surface area contributed by atoms with E-state index in [4.69, 9.17) is 4.74 Å². The molecule has 2 aromatic carbocycles. The van der Waals surface area contributed by atoms with E-state index < -0.39 is 10.0 Å². The van der Waals surface area contributed by atoms with Gasteiger partial charge in [-0.2, -0.15) is 4.31 Å². The number of sulfonamides is 1. The first-order chi connectivity index (χ1) is 17.0. The monoisotopic (exact) mass is 508 g/mol. The molecule has 0 unspecified atom stereocenters. The highest BCUT2D eigenvalue weighted by atomic mass is 32.2. The molecule has 0 aliphatic rings. The van der Waals surface area contributed by atoms with E-state index in [9.17, 15) is 13.2 Å². The fourth-order valence-electron chi connectivity index (χ4n) is 3.54. The van der Waals surface area contributed by atoms with Crippen LogP contribution in [0.5, 0.6) is 0 Å². The third-order valence-corrected chi connectivity index (χ3v) is 8.31. The number of hydrogen-bond donors (Lipinski definition) is 0. The van der Waals surface area contributed by atoms with E-state index >= 15 is 0 Å². The van der Waals surface area contributed by atoms with E-state index in [2.05, 4.69) is 15.0 Å². The molecule has 0 saturated carbocycles. The summed E-state index contributed by atoms with van der Waals surface area (Å²) >= 11 is 1.09. The Balaban J connectivity index is 1.58. The predicted molar refractivity (Wildman–Crippen MR) is 133 cm³/mol. The second-order valence-corrected chi connectivity index (χ2v) is 10.8. The Bertz CT molecular complexity index is 1360. The number of esters is 1. The topological polar surface area (TPSA) is 102 Å². The minimum Gasteiger partial charge on any atom is -0.469 e. The molecule has 0 radical (unpaired) electrons. The van der Waals surface area contributed by atoms with Crippen molar-refractivity contribution in [3.05, 3.63) is 95.4 Å². The number of carbonyl (C=O) groups excluding carboxylic acids is 1. The zero-order valence-corrected chi connectivity index (χ0v) is 20.7. The quantitative estimate of drug-likeness (QED) is 0.297. The van der Waals surface area contributed by atoms with Crippen molar-refractivity contribution in [2.24, 2.45) is 0 Å². The van der Waals surface area contributed by atoms with Crippen molar-refractivity contribution in [2.75, 3.05) is 7.11 Å².